The molecule has 2 N–H and O–H groups in total. The number of hydrogen-bond acceptors (Lipinski definition) is 3. The summed E-state index contributed by atoms with van der Waals surface area (Å²) >= 11 is 0. The van der Waals surface area contributed by atoms with Gasteiger partial charge in [-0.2, -0.15) is 5.26 Å². The van der Waals surface area contributed by atoms with E-state index in [9.17, 15) is 0 Å². The van der Waals surface area contributed by atoms with E-state index in [1.165, 1.54) is 0 Å². The van der Waals surface area contributed by atoms with Gasteiger partial charge in [0.2, 0.25) is 0 Å². The fraction of sp³-hybridized carbons (Fsp3) is 0.364. The fourth-order valence-electron chi connectivity index (χ4n) is 1.22. The number of anilines is 2. The molecule has 0 radical (unpaired) electrons. The summed E-state index contributed by atoms with van der Waals surface area (Å²) in [6.07, 6.45) is 0. The van der Waals surface area contributed by atoms with Gasteiger partial charge >= 0.3 is 0 Å². The van der Waals surface area contributed by atoms with Crippen molar-refractivity contribution in [1.29, 1.82) is 5.26 Å². The average Bonchev–Trinajstić information content (AvgIpc) is 2.16. The van der Waals surface area contributed by atoms with Crippen molar-refractivity contribution in [1.82, 2.24) is 0 Å². The molecule has 14 heavy (non-hydrogen) atoms. The van der Waals surface area contributed by atoms with Gasteiger partial charge in [0, 0.05) is 13.1 Å². The molecule has 1 rings (SSSR count). The largest absolute Gasteiger partial charge is 0.397 e. The van der Waals surface area contributed by atoms with Crippen molar-refractivity contribution in [2.45, 2.75) is 19.9 Å². The number of nitrogens with two attached hydrogens (primary N) is 1. The second-order valence-electron chi connectivity index (χ2n) is 3.59. The summed E-state index contributed by atoms with van der Waals surface area (Å²) in [4.78, 5) is 2.08. The van der Waals surface area contributed by atoms with Gasteiger partial charge in [-0.25, -0.2) is 0 Å². The van der Waals surface area contributed by atoms with Crippen molar-refractivity contribution in [3.05, 3.63) is 23.8 Å². The predicted octanol–water partition coefficient (Wildman–Crippen LogP) is 1.99. The molecule has 3 nitrogen and oxygen atoms in total. The Hall–Kier alpha value is -1.69. The first kappa shape index (κ1) is 10.4. The predicted molar refractivity (Wildman–Crippen MR) is 59.1 cm³/mol. The molecular weight excluding hydrogens is 174 g/mol. The maximum atomic E-state index is 8.68. The van der Waals surface area contributed by atoms with Gasteiger partial charge < -0.3 is 10.6 Å². The molecule has 0 atom stereocenters. The van der Waals surface area contributed by atoms with Gasteiger partial charge in [-0.1, -0.05) is 0 Å². The first-order valence-corrected chi connectivity index (χ1v) is 4.58. The van der Waals surface area contributed by atoms with E-state index in [1.54, 1.807) is 12.1 Å². The third-order valence-electron chi connectivity index (χ3n) is 2.31. The highest BCUT2D eigenvalue weighted by Gasteiger charge is 2.08. The van der Waals surface area contributed by atoms with E-state index < -0.39 is 0 Å². The highest BCUT2D eigenvalue weighted by Crippen LogP contribution is 2.24. The summed E-state index contributed by atoms with van der Waals surface area (Å²) in [5, 5.41) is 8.68. The number of hydrogen-bond donors (Lipinski definition) is 1. The summed E-state index contributed by atoms with van der Waals surface area (Å²) in [5.41, 5.74) is 8.07. The molecule has 0 aliphatic carbocycles. The van der Waals surface area contributed by atoms with Crippen molar-refractivity contribution < 1.29 is 0 Å². The summed E-state index contributed by atoms with van der Waals surface area (Å²) in [5.74, 6) is 0. The standard InChI is InChI=1S/C11H15N3/c1-8(2)14(3)11-5-4-9(7-12)6-10(11)13/h4-6,8H,13H2,1-3H3. The zero-order valence-electron chi connectivity index (χ0n) is 8.78. The van der Waals surface area contributed by atoms with Gasteiger partial charge in [-0.05, 0) is 32.0 Å². The van der Waals surface area contributed by atoms with E-state index in [1.807, 2.05) is 13.1 Å². The second-order valence-corrected chi connectivity index (χ2v) is 3.59. The molecule has 0 fully saturated rings. The molecule has 0 unspecified atom stereocenters. The summed E-state index contributed by atoms with van der Waals surface area (Å²) in [6, 6.07) is 7.83. The van der Waals surface area contributed by atoms with E-state index in [0.29, 0.717) is 17.3 Å². The van der Waals surface area contributed by atoms with Crippen LogP contribution in [-0.4, -0.2) is 13.1 Å². The monoisotopic (exact) mass is 189 g/mol. The number of nitriles is 1. The maximum Gasteiger partial charge on any atom is 0.0992 e. The Morgan fingerprint density at radius 2 is 2.07 bits per heavy atom. The lowest BCUT2D eigenvalue weighted by Gasteiger charge is -2.25. The lowest BCUT2D eigenvalue weighted by atomic mass is 10.1. The molecule has 0 aromatic heterocycles. The van der Waals surface area contributed by atoms with Crippen molar-refractivity contribution >= 4 is 11.4 Å². The fourth-order valence-corrected chi connectivity index (χ4v) is 1.22. The summed E-state index contributed by atoms with van der Waals surface area (Å²) in [7, 11) is 1.99. The molecular formula is C11H15N3. The minimum atomic E-state index is 0.394. The SMILES string of the molecule is CC(C)N(C)c1ccc(C#N)cc1N. The summed E-state index contributed by atoms with van der Waals surface area (Å²) in [6.45, 7) is 4.19. The van der Waals surface area contributed by atoms with Crippen LogP contribution in [0.2, 0.25) is 0 Å². The van der Waals surface area contributed by atoms with Crippen molar-refractivity contribution in [2.24, 2.45) is 0 Å². The Bertz CT molecular complexity index is 363. The van der Waals surface area contributed by atoms with Crippen LogP contribution in [-0.2, 0) is 0 Å². The molecule has 1 aromatic rings. The Kier molecular flexibility index (Phi) is 2.98. The maximum absolute atomic E-state index is 8.68. The van der Waals surface area contributed by atoms with Crippen LogP contribution in [0.1, 0.15) is 19.4 Å². The minimum Gasteiger partial charge on any atom is -0.397 e. The first-order valence-electron chi connectivity index (χ1n) is 4.58. The highest BCUT2D eigenvalue weighted by atomic mass is 15.1. The molecule has 0 saturated heterocycles. The third-order valence-corrected chi connectivity index (χ3v) is 2.31. The van der Waals surface area contributed by atoms with Gasteiger partial charge in [0.05, 0.1) is 23.0 Å². The molecule has 0 spiro atoms. The van der Waals surface area contributed by atoms with Crippen LogP contribution in [0, 0.1) is 11.3 Å². The number of nitrogen functional groups attached to an aromatic ring is 1. The molecule has 3 heteroatoms. The smallest absolute Gasteiger partial charge is 0.0992 e. The molecule has 0 aliphatic rings. The van der Waals surface area contributed by atoms with Crippen LogP contribution in [0.3, 0.4) is 0 Å². The summed E-state index contributed by atoms with van der Waals surface area (Å²) < 4.78 is 0. The van der Waals surface area contributed by atoms with Gasteiger partial charge in [0.15, 0.2) is 0 Å². The molecule has 0 aliphatic heterocycles. The molecule has 0 heterocycles. The van der Waals surface area contributed by atoms with Gasteiger partial charge in [-0.15, -0.1) is 0 Å². The van der Waals surface area contributed by atoms with Crippen molar-refractivity contribution in [2.75, 3.05) is 17.7 Å². The topological polar surface area (TPSA) is 53.0 Å². The Morgan fingerprint density at radius 1 is 1.43 bits per heavy atom. The van der Waals surface area contributed by atoms with E-state index in [2.05, 4.69) is 24.8 Å². The van der Waals surface area contributed by atoms with Crippen LogP contribution in [0.15, 0.2) is 18.2 Å². The van der Waals surface area contributed by atoms with E-state index in [-0.39, 0.29) is 0 Å². The molecule has 74 valence electrons. The van der Waals surface area contributed by atoms with Crippen LogP contribution in [0.4, 0.5) is 11.4 Å². The molecule has 1 aromatic carbocycles. The van der Waals surface area contributed by atoms with Crippen LogP contribution < -0.4 is 10.6 Å². The van der Waals surface area contributed by atoms with Crippen LogP contribution >= 0.6 is 0 Å². The number of benzene rings is 1. The van der Waals surface area contributed by atoms with Crippen molar-refractivity contribution in [3.8, 4) is 6.07 Å². The number of nitrogens with zero attached hydrogens (tertiary/aromatic N) is 2. The van der Waals surface area contributed by atoms with E-state index in [0.717, 1.165) is 5.69 Å². The quantitative estimate of drug-likeness (QED) is 0.724. The van der Waals surface area contributed by atoms with Gasteiger partial charge in [0.1, 0.15) is 0 Å². The van der Waals surface area contributed by atoms with Crippen molar-refractivity contribution in [3.63, 3.8) is 0 Å². The molecule has 0 bridgehead atoms. The Labute approximate surface area is 84.7 Å². The molecule has 0 saturated carbocycles. The van der Waals surface area contributed by atoms with E-state index >= 15 is 0 Å². The van der Waals surface area contributed by atoms with Crippen LogP contribution in [0.5, 0.6) is 0 Å². The number of rotatable bonds is 2. The lowest BCUT2D eigenvalue weighted by molar-refractivity contribution is 0.756. The van der Waals surface area contributed by atoms with E-state index in [4.69, 9.17) is 11.0 Å². The Balaban J connectivity index is 3.07. The lowest BCUT2D eigenvalue weighted by Crippen LogP contribution is -2.26. The second kappa shape index (κ2) is 4.01. The normalized spacial score (nSPS) is 9.93. The highest BCUT2D eigenvalue weighted by molar-refractivity contribution is 5.69. The molecule has 0 amide bonds. The third kappa shape index (κ3) is 1.97. The Morgan fingerprint density at radius 3 is 2.50 bits per heavy atom. The van der Waals surface area contributed by atoms with Gasteiger partial charge in [-0.3, -0.25) is 0 Å². The average molecular weight is 189 g/mol. The first-order chi connectivity index (χ1) is 6.56. The van der Waals surface area contributed by atoms with Crippen LogP contribution in [0.25, 0.3) is 0 Å². The zero-order chi connectivity index (χ0) is 10.7. The minimum absolute atomic E-state index is 0.394. The van der Waals surface area contributed by atoms with Gasteiger partial charge in [0.25, 0.3) is 0 Å². The zero-order valence-corrected chi connectivity index (χ0v) is 8.78.